The van der Waals surface area contributed by atoms with Crippen LogP contribution < -0.4 is 0 Å². The highest BCUT2D eigenvalue weighted by atomic mass is 16.5. The van der Waals surface area contributed by atoms with Crippen LogP contribution in [0.15, 0.2) is 12.3 Å². The molecule has 13 nitrogen and oxygen atoms in total. The summed E-state index contributed by atoms with van der Waals surface area (Å²) in [6.07, 6.45) is 5.50. The monoisotopic (exact) mass is 997 g/mol. The lowest BCUT2D eigenvalue weighted by molar-refractivity contribution is -0.0541. The SMILES string of the molecule is C.C.C=C(N1CCN(CCO)CC1)C(C)(C)C.CC(C)(C)OC1CCN(CCO)C1.CN(C)C1CCN(C(C)(C)C)C1.CN1CCN(C(C)(C)C)CC1.CN1CCN(C2CCN(C(C)(C)C)CC2)CC1. The number of likely N-dealkylation sites (N-methyl/N-ethyl adjacent to an activating group) is 3. The van der Waals surface area contributed by atoms with Gasteiger partial charge in [-0.3, -0.25) is 29.4 Å². The fraction of sp³-hybridized carbons (Fsp3) is 0.965. The van der Waals surface area contributed by atoms with E-state index >= 15 is 0 Å². The van der Waals surface area contributed by atoms with Crippen LogP contribution in [0, 0.1) is 5.41 Å². The Labute approximate surface area is 437 Å². The summed E-state index contributed by atoms with van der Waals surface area (Å²) in [5, 5.41) is 17.6. The Morgan fingerprint density at radius 2 is 0.943 bits per heavy atom. The molecule has 0 saturated carbocycles. The summed E-state index contributed by atoms with van der Waals surface area (Å²) in [4.78, 5) is 24.6. The molecule has 2 unspecified atom stereocenters. The number of allylic oxidation sites excluding steroid dienone is 1. The van der Waals surface area contributed by atoms with Crippen molar-refractivity contribution in [2.24, 2.45) is 5.41 Å². The molecule has 6 rings (SSSR count). The summed E-state index contributed by atoms with van der Waals surface area (Å²) in [6, 6.07) is 1.62. The summed E-state index contributed by atoms with van der Waals surface area (Å²) < 4.78 is 5.85. The zero-order chi connectivity index (χ0) is 51.7. The van der Waals surface area contributed by atoms with Gasteiger partial charge in [0.25, 0.3) is 0 Å². The van der Waals surface area contributed by atoms with Gasteiger partial charge in [0.15, 0.2) is 0 Å². The Kier molecular flexibility index (Phi) is 31.4. The molecule has 6 aliphatic rings. The molecule has 0 aromatic carbocycles. The highest BCUT2D eigenvalue weighted by Crippen LogP contribution is 2.28. The fourth-order valence-electron chi connectivity index (χ4n) is 9.93. The van der Waals surface area contributed by atoms with E-state index in [-0.39, 0.29) is 39.1 Å². The lowest BCUT2D eigenvalue weighted by Gasteiger charge is -2.45. The van der Waals surface area contributed by atoms with Gasteiger partial charge in [0.1, 0.15) is 0 Å². The Balaban J connectivity index is 0.000000851. The van der Waals surface area contributed by atoms with Crippen LogP contribution in [0.5, 0.6) is 0 Å². The number of aliphatic hydroxyl groups excluding tert-OH is 2. The number of piperazine rings is 3. The summed E-state index contributed by atoms with van der Waals surface area (Å²) in [6.45, 7) is 61.1. The molecule has 6 heterocycles. The summed E-state index contributed by atoms with van der Waals surface area (Å²) >= 11 is 0. The van der Waals surface area contributed by atoms with Gasteiger partial charge >= 0.3 is 0 Å². The molecular formula is C57H124N10O3. The minimum atomic E-state index is -0.0418. The number of piperidine rings is 1. The van der Waals surface area contributed by atoms with Gasteiger partial charge in [-0.15, -0.1) is 0 Å². The number of β-amino-alcohol motifs (C(OH)–C–C–N with tert-alkyl or cyclic N) is 2. The number of aliphatic hydroxyl groups is 2. The van der Waals surface area contributed by atoms with E-state index in [1.165, 1.54) is 103 Å². The second-order valence-corrected chi connectivity index (χ2v) is 26.1. The molecule has 2 N–H and O–H groups in total. The molecule has 6 saturated heterocycles. The summed E-state index contributed by atoms with van der Waals surface area (Å²) in [7, 11) is 8.78. The maximum absolute atomic E-state index is 8.85. The van der Waals surface area contributed by atoms with Crippen LogP contribution >= 0.6 is 0 Å². The predicted molar refractivity (Wildman–Crippen MR) is 306 cm³/mol. The molecule has 6 fully saturated rings. The normalized spacial score (nSPS) is 23.9. The highest BCUT2D eigenvalue weighted by molar-refractivity contribution is 5.05. The van der Waals surface area contributed by atoms with E-state index in [0.29, 0.717) is 22.7 Å². The van der Waals surface area contributed by atoms with E-state index in [4.69, 9.17) is 14.9 Å². The number of hydrogen-bond donors (Lipinski definition) is 2. The van der Waals surface area contributed by atoms with E-state index in [1.54, 1.807) is 0 Å². The van der Waals surface area contributed by atoms with Crippen molar-refractivity contribution in [3.8, 4) is 0 Å². The van der Waals surface area contributed by atoms with Crippen LogP contribution in [-0.4, -0.2) is 272 Å². The van der Waals surface area contributed by atoms with Crippen LogP contribution in [0.4, 0.5) is 0 Å². The van der Waals surface area contributed by atoms with Gasteiger partial charge in [-0.25, -0.2) is 0 Å². The van der Waals surface area contributed by atoms with Crippen molar-refractivity contribution in [3.05, 3.63) is 12.3 Å². The van der Waals surface area contributed by atoms with Crippen molar-refractivity contribution < 1.29 is 14.9 Å². The van der Waals surface area contributed by atoms with Gasteiger partial charge < -0.3 is 34.5 Å². The van der Waals surface area contributed by atoms with Gasteiger partial charge in [-0.05, 0) is 137 Å². The number of nitrogens with zero attached hydrogens (tertiary/aromatic N) is 10. The molecular weight excluding hydrogens is 873 g/mol. The Morgan fingerprint density at radius 1 is 0.514 bits per heavy atom. The van der Waals surface area contributed by atoms with Gasteiger partial charge in [0.2, 0.25) is 0 Å². The van der Waals surface area contributed by atoms with Crippen molar-refractivity contribution in [2.45, 2.75) is 185 Å². The maximum Gasteiger partial charge on any atom is 0.0721 e. The van der Waals surface area contributed by atoms with E-state index in [2.05, 4.69) is 188 Å². The molecule has 420 valence electrons. The molecule has 0 spiro atoms. The van der Waals surface area contributed by atoms with E-state index in [1.807, 2.05) is 0 Å². The third kappa shape index (κ3) is 27.0. The first-order valence-electron chi connectivity index (χ1n) is 27.1. The molecule has 0 bridgehead atoms. The number of rotatable bonds is 8. The lowest BCUT2D eigenvalue weighted by Crippen LogP contribution is -2.54. The van der Waals surface area contributed by atoms with Gasteiger partial charge in [-0.1, -0.05) is 42.2 Å². The van der Waals surface area contributed by atoms with Gasteiger partial charge in [-0.2, -0.15) is 0 Å². The van der Waals surface area contributed by atoms with E-state index in [0.717, 1.165) is 70.9 Å². The highest BCUT2D eigenvalue weighted by Gasteiger charge is 2.33. The minimum Gasteiger partial charge on any atom is -0.395 e. The second kappa shape index (κ2) is 31.8. The third-order valence-corrected chi connectivity index (χ3v) is 15.0. The Bertz CT molecular complexity index is 1330. The first kappa shape index (κ1) is 69.1. The lowest BCUT2D eigenvalue weighted by atomic mass is 9.91. The molecule has 0 aromatic rings. The van der Waals surface area contributed by atoms with Gasteiger partial charge in [0, 0.05) is 171 Å². The smallest absolute Gasteiger partial charge is 0.0721 e. The Morgan fingerprint density at radius 3 is 1.33 bits per heavy atom. The quantitative estimate of drug-likeness (QED) is 0.257. The van der Waals surface area contributed by atoms with Crippen molar-refractivity contribution in [3.63, 3.8) is 0 Å². The molecule has 6 aliphatic heterocycles. The van der Waals surface area contributed by atoms with Crippen LogP contribution in [0.1, 0.15) is 144 Å². The molecule has 0 aromatic heterocycles. The first-order chi connectivity index (χ1) is 31.3. The standard InChI is InChI=1S/C14H29N3.C12H24N2O.C10H22N2.C10H21NO2.C9H20N2.2CH4/c1-14(2,3)17-7-5-13(6-8-17)16-11-9-15(4)10-12-16;1-11(12(2,3)4)14-7-5-13(6-8-14)9-10-15;1-10(2,3)12-7-6-9(8-12)11(4)5;1-10(2,3)13-9-4-5-11(8-9)6-7-12;1-9(2,3)11-7-5-10(4)6-8-11;;/h13H,5-12H2,1-4H3;15H,1,5-10H2,2-4H3;9H,6-8H2,1-5H3;9,12H,4-8H2,1-3H3;5-8H2,1-4H3;2*1H4. The molecule has 0 radical (unpaired) electrons. The number of hydrogen-bond acceptors (Lipinski definition) is 13. The number of ether oxygens (including phenoxy) is 1. The zero-order valence-electron chi connectivity index (χ0n) is 48.6. The molecule has 0 amide bonds. The molecule has 2 atom stereocenters. The maximum atomic E-state index is 8.85. The van der Waals surface area contributed by atoms with Crippen molar-refractivity contribution in [2.75, 3.05) is 172 Å². The third-order valence-electron chi connectivity index (χ3n) is 15.0. The topological polar surface area (TPSA) is 82.1 Å². The molecule has 13 heteroatoms. The molecule has 0 aliphatic carbocycles. The van der Waals surface area contributed by atoms with Gasteiger partial charge in [0.05, 0.1) is 24.9 Å². The predicted octanol–water partition coefficient (Wildman–Crippen LogP) is 7.25. The average molecular weight is 998 g/mol. The zero-order valence-corrected chi connectivity index (χ0v) is 48.6. The van der Waals surface area contributed by atoms with Crippen LogP contribution in [0.25, 0.3) is 0 Å². The molecule has 70 heavy (non-hydrogen) atoms. The average Bonchev–Trinajstić information content (AvgIpc) is 3.92. The first-order valence-corrected chi connectivity index (χ1v) is 27.1. The van der Waals surface area contributed by atoms with Crippen molar-refractivity contribution in [1.29, 1.82) is 0 Å². The van der Waals surface area contributed by atoms with Crippen molar-refractivity contribution in [1.82, 2.24) is 49.0 Å². The summed E-state index contributed by atoms with van der Waals surface area (Å²) in [5.74, 6) is 0. The van der Waals surface area contributed by atoms with E-state index < -0.39 is 0 Å². The van der Waals surface area contributed by atoms with Crippen LogP contribution in [0.2, 0.25) is 0 Å². The number of likely N-dealkylation sites (tertiary alicyclic amines) is 3. The fourth-order valence-corrected chi connectivity index (χ4v) is 9.93. The Hall–Kier alpha value is -0.940. The second-order valence-electron chi connectivity index (χ2n) is 26.1. The van der Waals surface area contributed by atoms with Crippen LogP contribution in [0.3, 0.4) is 0 Å². The van der Waals surface area contributed by atoms with E-state index in [9.17, 15) is 0 Å². The summed E-state index contributed by atoms with van der Waals surface area (Å²) in [5.41, 5.74) is 2.42. The largest absolute Gasteiger partial charge is 0.395 e. The van der Waals surface area contributed by atoms with Crippen LogP contribution in [-0.2, 0) is 4.74 Å². The van der Waals surface area contributed by atoms with Crippen molar-refractivity contribution >= 4 is 0 Å². The minimum absolute atomic E-state index is 0.